The molecule has 106 valence electrons. The molecule has 7 heteroatoms. The smallest absolute Gasteiger partial charge is 0.200 e. The summed E-state index contributed by atoms with van der Waals surface area (Å²) in [6.45, 7) is 2.70. The Labute approximate surface area is 123 Å². The van der Waals surface area contributed by atoms with E-state index in [0.717, 1.165) is 12.6 Å². The lowest BCUT2D eigenvalue weighted by molar-refractivity contribution is 0.280. The van der Waals surface area contributed by atoms with E-state index in [0.29, 0.717) is 16.0 Å². The van der Waals surface area contributed by atoms with Crippen molar-refractivity contribution in [2.45, 2.75) is 13.5 Å². The molecule has 0 saturated heterocycles. The van der Waals surface area contributed by atoms with E-state index >= 15 is 0 Å². The minimum absolute atomic E-state index is 0.00617. The van der Waals surface area contributed by atoms with Gasteiger partial charge in [0, 0.05) is 11.0 Å². The number of ether oxygens (including phenoxy) is 1. The Morgan fingerprint density at radius 2 is 2.05 bits per heavy atom. The maximum absolute atomic E-state index is 13.5. The number of halogens is 3. The number of nitrogens with zero attached hydrogens (tertiary/aromatic N) is 2. The Morgan fingerprint density at radius 3 is 2.70 bits per heavy atom. The van der Waals surface area contributed by atoms with Crippen molar-refractivity contribution in [2.24, 2.45) is 0 Å². The summed E-state index contributed by atoms with van der Waals surface area (Å²) in [6, 6.07) is 2.39. The predicted octanol–water partition coefficient (Wildman–Crippen LogP) is 3.53. The van der Waals surface area contributed by atoms with Crippen LogP contribution in [0, 0.1) is 11.6 Å². The van der Waals surface area contributed by atoms with Crippen molar-refractivity contribution in [3.63, 3.8) is 0 Å². The Hall–Kier alpha value is -1.76. The molecule has 0 aliphatic rings. The first-order chi connectivity index (χ1) is 9.60. The molecular formula is C13H12BrF2N3O. The third-order valence-electron chi connectivity index (χ3n) is 2.40. The molecule has 20 heavy (non-hydrogen) atoms. The maximum Gasteiger partial charge on any atom is 0.200 e. The Morgan fingerprint density at radius 1 is 1.25 bits per heavy atom. The molecule has 1 aromatic heterocycles. The number of aromatic nitrogens is 2. The van der Waals surface area contributed by atoms with Crippen LogP contribution in [-0.2, 0) is 6.61 Å². The molecular weight excluding hydrogens is 332 g/mol. The van der Waals surface area contributed by atoms with Crippen LogP contribution >= 0.6 is 15.9 Å². The first kappa shape index (κ1) is 14.6. The van der Waals surface area contributed by atoms with Gasteiger partial charge in [-0.3, -0.25) is 4.98 Å². The predicted molar refractivity (Wildman–Crippen MR) is 74.6 cm³/mol. The van der Waals surface area contributed by atoms with Crippen LogP contribution in [0.4, 0.5) is 14.6 Å². The fourth-order valence-electron chi connectivity index (χ4n) is 1.49. The van der Waals surface area contributed by atoms with Crippen molar-refractivity contribution in [1.82, 2.24) is 9.97 Å². The molecule has 4 nitrogen and oxygen atoms in total. The second kappa shape index (κ2) is 6.60. The van der Waals surface area contributed by atoms with Crippen molar-refractivity contribution in [3.8, 4) is 5.75 Å². The molecule has 2 aromatic rings. The second-order valence-corrected chi connectivity index (χ2v) is 4.83. The summed E-state index contributed by atoms with van der Waals surface area (Å²) in [5, 5.41) is 3.00. The fourth-order valence-corrected chi connectivity index (χ4v) is 1.90. The Bertz CT molecular complexity index is 593. The zero-order valence-electron chi connectivity index (χ0n) is 10.7. The van der Waals surface area contributed by atoms with Gasteiger partial charge in [0.15, 0.2) is 11.6 Å². The van der Waals surface area contributed by atoms with E-state index < -0.39 is 11.6 Å². The lowest BCUT2D eigenvalue weighted by atomic mass is 10.3. The molecule has 0 spiro atoms. The van der Waals surface area contributed by atoms with Gasteiger partial charge < -0.3 is 10.1 Å². The van der Waals surface area contributed by atoms with Crippen molar-refractivity contribution < 1.29 is 13.5 Å². The highest BCUT2D eigenvalue weighted by molar-refractivity contribution is 9.10. The van der Waals surface area contributed by atoms with Crippen molar-refractivity contribution in [1.29, 1.82) is 0 Å². The molecule has 0 aliphatic heterocycles. The molecule has 0 radical (unpaired) electrons. The number of nitrogens with one attached hydrogen (secondary N) is 1. The molecule has 1 heterocycles. The molecule has 0 saturated carbocycles. The van der Waals surface area contributed by atoms with E-state index in [1.165, 1.54) is 12.3 Å². The summed E-state index contributed by atoms with van der Waals surface area (Å²) in [5.74, 6) is -1.52. The molecule has 1 aromatic carbocycles. The summed E-state index contributed by atoms with van der Waals surface area (Å²) < 4.78 is 32.3. The van der Waals surface area contributed by atoms with Gasteiger partial charge in [0.1, 0.15) is 12.4 Å². The highest BCUT2D eigenvalue weighted by Gasteiger charge is 2.11. The van der Waals surface area contributed by atoms with E-state index in [4.69, 9.17) is 4.74 Å². The average Bonchev–Trinajstić information content (AvgIpc) is 2.43. The SMILES string of the molecule is CCNc1cnc(COc2cc(Br)cc(F)c2F)cn1. The van der Waals surface area contributed by atoms with Crippen LogP contribution in [0.5, 0.6) is 5.75 Å². The van der Waals surface area contributed by atoms with Crippen LogP contribution in [-0.4, -0.2) is 16.5 Å². The van der Waals surface area contributed by atoms with Gasteiger partial charge in [0.05, 0.1) is 18.1 Å². The molecule has 2 rings (SSSR count). The standard InChI is InChI=1S/C13H12BrF2N3O/c1-2-17-12-6-18-9(5-19-12)7-20-11-4-8(14)3-10(15)13(11)16/h3-6H,2,7H2,1H3,(H,17,19). The highest BCUT2D eigenvalue weighted by Crippen LogP contribution is 2.25. The van der Waals surface area contributed by atoms with Gasteiger partial charge in [-0.1, -0.05) is 15.9 Å². The van der Waals surface area contributed by atoms with Gasteiger partial charge >= 0.3 is 0 Å². The zero-order valence-corrected chi connectivity index (χ0v) is 12.2. The number of rotatable bonds is 5. The first-order valence-electron chi connectivity index (χ1n) is 5.92. The van der Waals surface area contributed by atoms with Gasteiger partial charge in [-0.25, -0.2) is 9.37 Å². The van der Waals surface area contributed by atoms with Crippen LogP contribution < -0.4 is 10.1 Å². The molecule has 1 N–H and O–H groups in total. The Balaban J connectivity index is 2.05. The fraction of sp³-hybridized carbons (Fsp3) is 0.231. The quantitative estimate of drug-likeness (QED) is 0.843. The van der Waals surface area contributed by atoms with Crippen LogP contribution in [0.3, 0.4) is 0 Å². The number of anilines is 1. The van der Waals surface area contributed by atoms with E-state index in [2.05, 4.69) is 31.2 Å². The van der Waals surface area contributed by atoms with Crippen molar-refractivity contribution >= 4 is 21.7 Å². The number of hydrogen-bond acceptors (Lipinski definition) is 4. The van der Waals surface area contributed by atoms with Gasteiger partial charge in [-0.05, 0) is 19.1 Å². The summed E-state index contributed by atoms with van der Waals surface area (Å²) in [7, 11) is 0. The molecule has 0 fully saturated rings. The van der Waals surface area contributed by atoms with E-state index in [1.54, 1.807) is 6.20 Å². The van der Waals surface area contributed by atoms with Crippen LogP contribution in [0.15, 0.2) is 29.0 Å². The minimum atomic E-state index is -1.02. The van der Waals surface area contributed by atoms with Gasteiger partial charge in [0.25, 0.3) is 0 Å². The summed E-state index contributed by atoms with van der Waals surface area (Å²) >= 11 is 3.08. The van der Waals surface area contributed by atoms with Gasteiger partial charge in [0.2, 0.25) is 5.82 Å². The third-order valence-corrected chi connectivity index (χ3v) is 2.86. The molecule has 0 amide bonds. The van der Waals surface area contributed by atoms with Crippen LogP contribution in [0.25, 0.3) is 0 Å². The summed E-state index contributed by atoms with van der Waals surface area (Å²) in [6.07, 6.45) is 3.07. The van der Waals surface area contributed by atoms with Crippen molar-refractivity contribution in [3.05, 3.63) is 46.3 Å². The first-order valence-corrected chi connectivity index (χ1v) is 6.71. The monoisotopic (exact) mass is 343 g/mol. The van der Waals surface area contributed by atoms with Crippen molar-refractivity contribution in [2.75, 3.05) is 11.9 Å². The maximum atomic E-state index is 13.5. The molecule has 0 bridgehead atoms. The Kier molecular flexibility index (Phi) is 4.84. The van der Waals surface area contributed by atoms with Crippen LogP contribution in [0.1, 0.15) is 12.6 Å². The molecule has 0 unspecified atom stereocenters. The largest absolute Gasteiger partial charge is 0.484 e. The minimum Gasteiger partial charge on any atom is -0.484 e. The summed E-state index contributed by atoms with van der Waals surface area (Å²) in [4.78, 5) is 8.22. The lowest BCUT2D eigenvalue weighted by Crippen LogP contribution is -2.04. The van der Waals surface area contributed by atoms with Crippen LogP contribution in [0.2, 0.25) is 0 Å². The van der Waals surface area contributed by atoms with Gasteiger partial charge in [-0.15, -0.1) is 0 Å². The molecule has 0 aliphatic carbocycles. The van der Waals surface area contributed by atoms with Gasteiger partial charge in [-0.2, -0.15) is 4.39 Å². The molecule has 0 atom stereocenters. The third kappa shape index (κ3) is 3.63. The lowest BCUT2D eigenvalue weighted by Gasteiger charge is -2.08. The number of hydrogen-bond donors (Lipinski definition) is 1. The zero-order chi connectivity index (χ0) is 14.5. The average molecular weight is 344 g/mol. The summed E-state index contributed by atoms with van der Waals surface area (Å²) in [5.41, 5.74) is 0.520. The van der Waals surface area contributed by atoms with E-state index in [1.807, 2.05) is 6.92 Å². The second-order valence-electron chi connectivity index (χ2n) is 3.91. The number of benzene rings is 1. The topological polar surface area (TPSA) is 47.0 Å². The normalized spacial score (nSPS) is 10.4. The highest BCUT2D eigenvalue weighted by atomic mass is 79.9. The van der Waals surface area contributed by atoms with E-state index in [-0.39, 0.29) is 12.4 Å². The van der Waals surface area contributed by atoms with E-state index in [9.17, 15) is 8.78 Å².